The van der Waals surface area contributed by atoms with Crippen molar-refractivity contribution in [3.63, 3.8) is 0 Å². The molecule has 152 valence electrons. The highest BCUT2D eigenvalue weighted by Gasteiger charge is 2.31. The Bertz CT molecular complexity index is 790. The van der Waals surface area contributed by atoms with Gasteiger partial charge < -0.3 is 14.8 Å². The fraction of sp³-hybridized carbons (Fsp3) is 0.600. The second-order valence-electron chi connectivity index (χ2n) is 7.78. The third kappa shape index (κ3) is 4.49. The average Bonchev–Trinajstić information content (AvgIpc) is 3.27. The van der Waals surface area contributed by atoms with E-state index in [0.29, 0.717) is 5.69 Å². The summed E-state index contributed by atoms with van der Waals surface area (Å²) in [6.07, 6.45) is 7.00. The Morgan fingerprint density at radius 1 is 1.25 bits per heavy atom. The molecule has 8 nitrogen and oxygen atoms in total. The van der Waals surface area contributed by atoms with Gasteiger partial charge in [0.05, 0.1) is 12.0 Å². The summed E-state index contributed by atoms with van der Waals surface area (Å²) in [7, 11) is 0. The summed E-state index contributed by atoms with van der Waals surface area (Å²) in [6.45, 7) is 9.52. The third-order valence-electron chi connectivity index (χ3n) is 5.24. The number of imidazole rings is 1. The Morgan fingerprint density at radius 3 is 2.61 bits per heavy atom. The molecular formula is C20H29N5O3. The molecule has 0 aliphatic carbocycles. The molecule has 0 atom stereocenters. The molecule has 2 aliphatic heterocycles. The fourth-order valence-corrected chi connectivity index (χ4v) is 3.89. The van der Waals surface area contributed by atoms with Gasteiger partial charge in [-0.05, 0) is 50.9 Å². The first-order chi connectivity index (χ1) is 13.4. The van der Waals surface area contributed by atoms with Gasteiger partial charge in [0, 0.05) is 19.2 Å². The van der Waals surface area contributed by atoms with Gasteiger partial charge in [-0.1, -0.05) is 13.8 Å². The van der Waals surface area contributed by atoms with Crippen LogP contribution in [0.25, 0.3) is 6.08 Å². The lowest BCUT2D eigenvalue weighted by molar-refractivity contribution is -0.147. The van der Waals surface area contributed by atoms with E-state index in [0.717, 1.165) is 30.1 Å². The van der Waals surface area contributed by atoms with E-state index in [-0.39, 0.29) is 24.1 Å². The Kier molecular flexibility index (Phi) is 6.28. The number of nitrogens with zero attached hydrogens (tertiary/aromatic N) is 4. The number of rotatable bonds is 6. The zero-order valence-corrected chi connectivity index (χ0v) is 16.9. The molecule has 1 N–H and O–H groups in total. The molecule has 1 aromatic heterocycles. The van der Waals surface area contributed by atoms with Crippen molar-refractivity contribution in [3.05, 3.63) is 23.4 Å². The quantitative estimate of drug-likeness (QED) is 0.745. The molecule has 28 heavy (non-hydrogen) atoms. The molecule has 1 aromatic rings. The van der Waals surface area contributed by atoms with Crippen LogP contribution in [-0.2, 0) is 20.9 Å². The molecule has 0 unspecified atom stereocenters. The lowest BCUT2D eigenvalue weighted by atomic mass is 10.1. The maximum Gasteiger partial charge on any atom is 0.277 e. The SMILES string of the molecule is CC(=O)N1CC(=O)N/C(=C\c2ncn(CCCN3CCCC3)c2C(C)C)C1=O. The number of likely N-dealkylation sites (tertiary alicyclic amines) is 1. The topological polar surface area (TPSA) is 87.5 Å². The van der Waals surface area contributed by atoms with Gasteiger partial charge in [0.2, 0.25) is 11.8 Å². The first-order valence-corrected chi connectivity index (χ1v) is 9.98. The summed E-state index contributed by atoms with van der Waals surface area (Å²) >= 11 is 0. The van der Waals surface area contributed by atoms with Crippen molar-refractivity contribution in [1.82, 2.24) is 24.7 Å². The Balaban J connectivity index is 1.78. The molecule has 3 rings (SSSR count). The van der Waals surface area contributed by atoms with Crippen LogP contribution in [0.4, 0.5) is 0 Å². The van der Waals surface area contributed by atoms with E-state index in [9.17, 15) is 14.4 Å². The lowest BCUT2D eigenvalue weighted by Gasteiger charge is -2.25. The molecule has 0 radical (unpaired) electrons. The molecule has 2 aliphatic rings. The molecule has 3 amide bonds. The van der Waals surface area contributed by atoms with E-state index in [2.05, 4.69) is 33.6 Å². The first-order valence-electron chi connectivity index (χ1n) is 9.98. The number of carbonyl (C=O) groups is 3. The minimum absolute atomic E-state index is 0.0932. The van der Waals surface area contributed by atoms with Crippen LogP contribution in [0.2, 0.25) is 0 Å². The van der Waals surface area contributed by atoms with E-state index in [4.69, 9.17) is 0 Å². The second kappa shape index (κ2) is 8.68. The summed E-state index contributed by atoms with van der Waals surface area (Å²) < 4.78 is 2.13. The van der Waals surface area contributed by atoms with Crippen LogP contribution in [0, 0.1) is 0 Å². The molecule has 0 saturated carbocycles. The van der Waals surface area contributed by atoms with Crippen LogP contribution < -0.4 is 5.32 Å². The highest BCUT2D eigenvalue weighted by Crippen LogP contribution is 2.22. The predicted octanol–water partition coefficient (Wildman–Crippen LogP) is 1.34. The van der Waals surface area contributed by atoms with Crippen LogP contribution in [0.5, 0.6) is 0 Å². The van der Waals surface area contributed by atoms with Gasteiger partial charge in [-0.3, -0.25) is 19.3 Å². The number of hydrogen-bond acceptors (Lipinski definition) is 5. The second-order valence-corrected chi connectivity index (χ2v) is 7.78. The Labute approximate surface area is 165 Å². The number of aryl methyl sites for hydroxylation is 1. The summed E-state index contributed by atoms with van der Waals surface area (Å²) in [5.74, 6) is -1.11. The summed E-state index contributed by atoms with van der Waals surface area (Å²) in [5.41, 5.74) is 1.77. The third-order valence-corrected chi connectivity index (χ3v) is 5.24. The maximum absolute atomic E-state index is 12.5. The van der Waals surface area contributed by atoms with Crippen LogP contribution >= 0.6 is 0 Å². The number of piperazine rings is 1. The number of aromatic nitrogens is 2. The van der Waals surface area contributed by atoms with Crippen LogP contribution in [0.15, 0.2) is 12.0 Å². The van der Waals surface area contributed by atoms with Crippen molar-refractivity contribution in [1.29, 1.82) is 0 Å². The van der Waals surface area contributed by atoms with Crippen molar-refractivity contribution in [2.45, 2.75) is 52.5 Å². The van der Waals surface area contributed by atoms with E-state index in [1.165, 1.54) is 32.9 Å². The van der Waals surface area contributed by atoms with Gasteiger partial charge >= 0.3 is 0 Å². The molecule has 0 spiro atoms. The first kappa shape index (κ1) is 20.3. The Hall–Kier alpha value is -2.48. The zero-order valence-electron chi connectivity index (χ0n) is 16.9. The predicted molar refractivity (Wildman–Crippen MR) is 105 cm³/mol. The lowest BCUT2D eigenvalue weighted by Crippen LogP contribution is -2.51. The molecule has 0 bridgehead atoms. The number of carbonyl (C=O) groups excluding carboxylic acids is 3. The normalized spacial score (nSPS) is 19.7. The highest BCUT2D eigenvalue weighted by molar-refractivity contribution is 6.12. The van der Waals surface area contributed by atoms with Crippen molar-refractivity contribution in [3.8, 4) is 0 Å². The molecule has 2 saturated heterocycles. The van der Waals surface area contributed by atoms with Crippen molar-refractivity contribution >= 4 is 23.8 Å². The monoisotopic (exact) mass is 387 g/mol. The van der Waals surface area contributed by atoms with Gasteiger partial charge in [-0.2, -0.15) is 0 Å². The van der Waals surface area contributed by atoms with E-state index < -0.39 is 11.8 Å². The molecular weight excluding hydrogens is 358 g/mol. The number of imide groups is 1. The van der Waals surface area contributed by atoms with Gasteiger partial charge in [0.25, 0.3) is 5.91 Å². The van der Waals surface area contributed by atoms with Crippen molar-refractivity contribution in [2.24, 2.45) is 0 Å². The summed E-state index contributed by atoms with van der Waals surface area (Å²) in [6, 6.07) is 0. The van der Waals surface area contributed by atoms with Crippen molar-refractivity contribution in [2.75, 3.05) is 26.2 Å². The summed E-state index contributed by atoms with van der Waals surface area (Å²) in [5, 5.41) is 2.58. The number of hydrogen-bond donors (Lipinski definition) is 1. The van der Waals surface area contributed by atoms with Crippen molar-refractivity contribution < 1.29 is 14.4 Å². The maximum atomic E-state index is 12.5. The van der Waals surface area contributed by atoms with Crippen LogP contribution in [-0.4, -0.2) is 63.3 Å². The van der Waals surface area contributed by atoms with E-state index >= 15 is 0 Å². The Morgan fingerprint density at radius 2 is 1.96 bits per heavy atom. The van der Waals surface area contributed by atoms with E-state index in [1.807, 2.05) is 0 Å². The van der Waals surface area contributed by atoms with Gasteiger partial charge in [-0.25, -0.2) is 4.98 Å². The van der Waals surface area contributed by atoms with Gasteiger partial charge in [0.15, 0.2) is 0 Å². The van der Waals surface area contributed by atoms with E-state index in [1.54, 1.807) is 12.4 Å². The zero-order chi connectivity index (χ0) is 20.3. The summed E-state index contributed by atoms with van der Waals surface area (Å²) in [4.78, 5) is 43.9. The van der Waals surface area contributed by atoms with Crippen LogP contribution in [0.1, 0.15) is 57.3 Å². The molecule has 2 fully saturated rings. The smallest absolute Gasteiger partial charge is 0.277 e. The average molecular weight is 387 g/mol. The molecule has 3 heterocycles. The number of nitrogens with one attached hydrogen (secondary N) is 1. The van der Waals surface area contributed by atoms with Gasteiger partial charge in [0.1, 0.15) is 12.2 Å². The largest absolute Gasteiger partial charge is 0.334 e. The van der Waals surface area contributed by atoms with Gasteiger partial charge in [-0.15, -0.1) is 0 Å². The molecule has 8 heteroatoms. The molecule has 0 aromatic carbocycles. The highest BCUT2D eigenvalue weighted by atomic mass is 16.2. The minimum Gasteiger partial charge on any atom is -0.334 e. The minimum atomic E-state index is -0.495. The standard InChI is InChI=1S/C20H29N5O3/c1-14(2)19-16(11-17-20(28)25(15(3)26)12-18(27)22-17)21-13-24(19)10-6-9-23-7-4-5-8-23/h11,13-14H,4-10,12H2,1-3H3,(H,22,27)/b17-11-. The van der Waals surface area contributed by atoms with Crippen LogP contribution in [0.3, 0.4) is 0 Å². The fourth-order valence-electron chi connectivity index (χ4n) is 3.89. The number of amides is 3.